The van der Waals surface area contributed by atoms with Gasteiger partial charge in [-0.05, 0) is 33.6 Å². The normalized spacial score (nSPS) is 15.9. The van der Waals surface area contributed by atoms with E-state index in [1.807, 2.05) is 20.8 Å². The van der Waals surface area contributed by atoms with Crippen molar-refractivity contribution in [1.82, 2.24) is 0 Å². The monoisotopic (exact) mass is 280 g/mol. The number of hydrogen-bond donors (Lipinski definition) is 0. The molecule has 4 heteroatoms. The first kappa shape index (κ1) is 14.9. The van der Waals surface area contributed by atoms with Gasteiger partial charge >= 0.3 is 5.97 Å². The Balaban J connectivity index is 3.89. The molecule has 0 aromatic carbocycles. The van der Waals surface area contributed by atoms with Crippen molar-refractivity contribution in [2.75, 3.05) is 7.11 Å². The van der Waals surface area contributed by atoms with Crippen LogP contribution in [0.5, 0.6) is 0 Å². The van der Waals surface area contributed by atoms with Crippen LogP contribution >= 0.6 is 15.9 Å². The quantitative estimate of drug-likeness (QED) is 0.554. The Morgan fingerprint density at radius 1 is 1.40 bits per heavy atom. The van der Waals surface area contributed by atoms with E-state index in [0.29, 0.717) is 0 Å². The molecule has 90 valence electrons. The highest BCUT2D eigenvalue weighted by molar-refractivity contribution is 9.09. The van der Waals surface area contributed by atoms with Gasteiger partial charge in [-0.3, -0.25) is 4.79 Å². The summed E-state index contributed by atoms with van der Waals surface area (Å²) < 4.78 is 10.4. The lowest BCUT2D eigenvalue weighted by Crippen LogP contribution is -2.34. The molecule has 0 fully saturated rings. The molecule has 0 spiro atoms. The molecule has 0 bridgehead atoms. The molecular weight excluding hydrogens is 260 g/mol. The number of alkyl halides is 1. The summed E-state index contributed by atoms with van der Waals surface area (Å²) in [7, 11) is 1.70. The van der Waals surface area contributed by atoms with Crippen molar-refractivity contribution in [2.24, 2.45) is 0 Å². The zero-order chi connectivity index (χ0) is 12.1. The van der Waals surface area contributed by atoms with E-state index in [9.17, 15) is 4.79 Å². The Bertz CT molecular complexity index is 204. The maximum absolute atomic E-state index is 10.7. The molecule has 0 aliphatic heterocycles. The zero-order valence-electron chi connectivity index (χ0n) is 10.2. The van der Waals surface area contributed by atoms with E-state index >= 15 is 0 Å². The SMILES string of the molecule is COC(C)(C)C(Br)CCC(C)OC(C)=O. The van der Waals surface area contributed by atoms with Crippen molar-refractivity contribution in [2.45, 2.75) is 57.1 Å². The average molecular weight is 281 g/mol. The summed E-state index contributed by atoms with van der Waals surface area (Å²) in [4.78, 5) is 11.0. The molecular formula is C11H21BrO3. The van der Waals surface area contributed by atoms with E-state index in [2.05, 4.69) is 15.9 Å². The summed E-state index contributed by atoms with van der Waals surface area (Å²) in [6, 6.07) is 0. The third kappa shape index (κ3) is 6.15. The Kier molecular flexibility index (Phi) is 6.44. The second-order valence-electron chi connectivity index (χ2n) is 4.27. The van der Waals surface area contributed by atoms with Crippen LogP contribution < -0.4 is 0 Å². The fourth-order valence-corrected chi connectivity index (χ4v) is 1.65. The third-order valence-corrected chi connectivity index (χ3v) is 4.03. The molecule has 0 saturated heterocycles. The Morgan fingerprint density at radius 2 is 1.93 bits per heavy atom. The van der Waals surface area contributed by atoms with Gasteiger partial charge in [0, 0.05) is 18.9 Å². The Morgan fingerprint density at radius 3 is 2.33 bits per heavy atom. The van der Waals surface area contributed by atoms with Gasteiger partial charge in [-0.2, -0.15) is 0 Å². The fraction of sp³-hybridized carbons (Fsp3) is 0.909. The van der Waals surface area contributed by atoms with E-state index in [-0.39, 0.29) is 22.5 Å². The van der Waals surface area contributed by atoms with Crippen LogP contribution in [0.1, 0.15) is 40.5 Å². The van der Waals surface area contributed by atoms with Gasteiger partial charge in [0.05, 0.1) is 11.7 Å². The average Bonchev–Trinajstić information content (AvgIpc) is 2.13. The number of carbonyl (C=O) groups is 1. The van der Waals surface area contributed by atoms with Crippen LogP contribution in [0.3, 0.4) is 0 Å². The predicted octanol–water partition coefficient (Wildman–Crippen LogP) is 2.91. The van der Waals surface area contributed by atoms with E-state index in [1.54, 1.807) is 7.11 Å². The van der Waals surface area contributed by atoms with Gasteiger partial charge in [0.2, 0.25) is 0 Å². The summed E-state index contributed by atoms with van der Waals surface area (Å²) in [6.07, 6.45) is 1.72. The number of rotatable bonds is 6. The molecule has 0 aliphatic rings. The first-order chi connectivity index (χ1) is 6.79. The first-order valence-electron chi connectivity index (χ1n) is 5.16. The number of methoxy groups -OCH3 is 1. The van der Waals surface area contributed by atoms with Crippen molar-refractivity contribution < 1.29 is 14.3 Å². The van der Waals surface area contributed by atoms with Crippen LogP contribution in [0.25, 0.3) is 0 Å². The molecule has 3 nitrogen and oxygen atoms in total. The van der Waals surface area contributed by atoms with Crippen molar-refractivity contribution in [3.05, 3.63) is 0 Å². The number of carbonyl (C=O) groups excluding carboxylic acids is 1. The van der Waals surface area contributed by atoms with Crippen LogP contribution in [0.15, 0.2) is 0 Å². The molecule has 0 aromatic heterocycles. The van der Waals surface area contributed by atoms with Crippen LogP contribution in [0, 0.1) is 0 Å². The Hall–Kier alpha value is -0.0900. The molecule has 0 amide bonds. The molecule has 2 atom stereocenters. The number of ether oxygens (including phenoxy) is 2. The number of halogens is 1. The maximum atomic E-state index is 10.7. The van der Waals surface area contributed by atoms with E-state index in [0.717, 1.165) is 12.8 Å². The summed E-state index contributed by atoms with van der Waals surface area (Å²) in [5.74, 6) is -0.223. The Labute approximate surface area is 101 Å². The summed E-state index contributed by atoms with van der Waals surface area (Å²) >= 11 is 3.59. The smallest absolute Gasteiger partial charge is 0.302 e. The van der Waals surface area contributed by atoms with Crippen molar-refractivity contribution >= 4 is 21.9 Å². The molecule has 2 unspecified atom stereocenters. The second kappa shape index (κ2) is 6.48. The van der Waals surface area contributed by atoms with Gasteiger partial charge in [-0.15, -0.1) is 0 Å². The second-order valence-corrected chi connectivity index (χ2v) is 5.38. The molecule has 0 aromatic rings. The van der Waals surface area contributed by atoms with Crippen LogP contribution in [-0.2, 0) is 14.3 Å². The highest BCUT2D eigenvalue weighted by Gasteiger charge is 2.27. The topological polar surface area (TPSA) is 35.5 Å². The summed E-state index contributed by atoms with van der Waals surface area (Å²) in [6.45, 7) is 7.40. The van der Waals surface area contributed by atoms with E-state index in [4.69, 9.17) is 9.47 Å². The molecule has 0 heterocycles. The number of hydrogen-bond acceptors (Lipinski definition) is 3. The lowest BCUT2D eigenvalue weighted by Gasteiger charge is -2.29. The van der Waals surface area contributed by atoms with Gasteiger partial charge in [-0.1, -0.05) is 15.9 Å². The third-order valence-electron chi connectivity index (χ3n) is 2.47. The minimum atomic E-state index is -0.223. The largest absolute Gasteiger partial charge is 0.463 e. The molecule has 0 saturated carbocycles. The van der Waals surface area contributed by atoms with Crippen molar-refractivity contribution in [3.63, 3.8) is 0 Å². The predicted molar refractivity (Wildman–Crippen MR) is 64.3 cm³/mol. The number of esters is 1. The lowest BCUT2D eigenvalue weighted by atomic mass is 10.00. The van der Waals surface area contributed by atoms with Crippen molar-refractivity contribution in [1.29, 1.82) is 0 Å². The highest BCUT2D eigenvalue weighted by Crippen LogP contribution is 2.26. The maximum Gasteiger partial charge on any atom is 0.302 e. The highest BCUT2D eigenvalue weighted by atomic mass is 79.9. The van der Waals surface area contributed by atoms with Crippen LogP contribution in [0.2, 0.25) is 0 Å². The van der Waals surface area contributed by atoms with Crippen LogP contribution in [0.4, 0.5) is 0 Å². The molecule has 15 heavy (non-hydrogen) atoms. The summed E-state index contributed by atoms with van der Waals surface area (Å²) in [5, 5.41) is 0. The minimum Gasteiger partial charge on any atom is -0.463 e. The van der Waals surface area contributed by atoms with E-state index in [1.165, 1.54) is 6.92 Å². The van der Waals surface area contributed by atoms with Gasteiger partial charge in [0.25, 0.3) is 0 Å². The molecule has 0 N–H and O–H groups in total. The molecule has 0 aliphatic carbocycles. The zero-order valence-corrected chi connectivity index (χ0v) is 11.8. The lowest BCUT2D eigenvalue weighted by molar-refractivity contribution is -0.145. The minimum absolute atomic E-state index is 0.0322. The molecule has 0 radical (unpaired) electrons. The van der Waals surface area contributed by atoms with Gasteiger partial charge in [-0.25, -0.2) is 0 Å². The molecule has 0 rings (SSSR count). The van der Waals surface area contributed by atoms with Crippen LogP contribution in [-0.4, -0.2) is 29.6 Å². The standard InChI is InChI=1S/C11H21BrO3/c1-8(15-9(2)13)6-7-10(12)11(3,4)14-5/h8,10H,6-7H2,1-5H3. The summed E-state index contributed by atoms with van der Waals surface area (Å²) in [5.41, 5.74) is -0.198. The van der Waals surface area contributed by atoms with Gasteiger partial charge < -0.3 is 9.47 Å². The first-order valence-corrected chi connectivity index (χ1v) is 6.07. The fourth-order valence-electron chi connectivity index (χ4n) is 1.20. The van der Waals surface area contributed by atoms with Gasteiger partial charge in [0.15, 0.2) is 0 Å². The van der Waals surface area contributed by atoms with E-state index < -0.39 is 0 Å². The van der Waals surface area contributed by atoms with Crippen molar-refractivity contribution in [3.8, 4) is 0 Å². The van der Waals surface area contributed by atoms with Gasteiger partial charge in [0.1, 0.15) is 0 Å².